The van der Waals surface area contributed by atoms with E-state index >= 15 is 0 Å². The van der Waals surface area contributed by atoms with E-state index < -0.39 is 0 Å². The zero-order valence-electron chi connectivity index (χ0n) is 13.6. The lowest BCUT2D eigenvalue weighted by Crippen LogP contribution is -2.35. The number of nitrogens with one attached hydrogen (secondary N) is 1. The molecule has 1 aliphatic heterocycles. The van der Waals surface area contributed by atoms with E-state index in [1.165, 1.54) is 0 Å². The molecular weight excluding hydrogens is 304 g/mol. The summed E-state index contributed by atoms with van der Waals surface area (Å²) in [6.45, 7) is 3.91. The van der Waals surface area contributed by atoms with Gasteiger partial charge in [-0.15, -0.1) is 0 Å². The van der Waals surface area contributed by atoms with Crippen LogP contribution in [0.4, 0.5) is 5.82 Å². The number of benzene rings is 1. The molecule has 2 atom stereocenters. The summed E-state index contributed by atoms with van der Waals surface area (Å²) in [7, 11) is 0. The first-order chi connectivity index (χ1) is 11.8. The molecule has 0 saturated carbocycles. The lowest BCUT2D eigenvalue weighted by atomic mass is 10.1. The summed E-state index contributed by atoms with van der Waals surface area (Å²) in [5, 5.41) is 7.90. The first-order valence-electron chi connectivity index (χ1n) is 8.21. The SMILES string of the molecule is CCO[C@@H]1COC[C@H]1Nc1cc(-c2ccccc2)nc2ccnn12. The Hall–Kier alpha value is -2.44. The van der Waals surface area contributed by atoms with Crippen molar-refractivity contribution in [3.05, 3.63) is 48.7 Å². The monoisotopic (exact) mass is 324 g/mol. The van der Waals surface area contributed by atoms with Crippen LogP contribution in [-0.4, -0.2) is 46.6 Å². The third-order valence-corrected chi connectivity index (χ3v) is 4.17. The Kier molecular flexibility index (Phi) is 4.15. The van der Waals surface area contributed by atoms with E-state index in [2.05, 4.69) is 22.5 Å². The van der Waals surface area contributed by atoms with Crippen molar-refractivity contribution < 1.29 is 9.47 Å². The minimum Gasteiger partial charge on any atom is -0.376 e. The standard InChI is InChI=1S/C18H20N4O2/c1-2-24-16-12-23-11-15(16)21-18-10-14(13-6-4-3-5-7-13)20-17-8-9-19-22(17)18/h3-10,15-16,21H,2,11-12H2,1H3/t15-,16-/m1/s1. The summed E-state index contributed by atoms with van der Waals surface area (Å²) >= 11 is 0. The molecule has 0 aliphatic carbocycles. The third-order valence-electron chi connectivity index (χ3n) is 4.17. The molecule has 1 saturated heterocycles. The number of fused-ring (bicyclic) bond motifs is 1. The average molecular weight is 324 g/mol. The van der Waals surface area contributed by atoms with Crippen LogP contribution in [0.25, 0.3) is 16.9 Å². The van der Waals surface area contributed by atoms with Crippen molar-refractivity contribution in [3.8, 4) is 11.3 Å². The van der Waals surface area contributed by atoms with Crippen LogP contribution < -0.4 is 5.32 Å². The summed E-state index contributed by atoms with van der Waals surface area (Å²) in [5.74, 6) is 0.893. The predicted molar refractivity (Wildman–Crippen MR) is 92.1 cm³/mol. The Labute approximate surface area is 140 Å². The van der Waals surface area contributed by atoms with Crippen LogP contribution in [0.15, 0.2) is 48.7 Å². The van der Waals surface area contributed by atoms with E-state index in [-0.39, 0.29) is 12.1 Å². The van der Waals surface area contributed by atoms with Crippen LogP contribution >= 0.6 is 0 Å². The molecule has 24 heavy (non-hydrogen) atoms. The lowest BCUT2D eigenvalue weighted by molar-refractivity contribution is 0.0478. The van der Waals surface area contributed by atoms with E-state index in [0.717, 1.165) is 22.7 Å². The molecule has 0 bridgehead atoms. The lowest BCUT2D eigenvalue weighted by Gasteiger charge is -2.20. The minimum atomic E-state index is 0.0500. The van der Waals surface area contributed by atoms with E-state index in [1.807, 2.05) is 41.8 Å². The van der Waals surface area contributed by atoms with E-state index in [4.69, 9.17) is 14.5 Å². The molecule has 0 amide bonds. The maximum absolute atomic E-state index is 5.76. The predicted octanol–water partition coefficient (Wildman–Crippen LogP) is 2.61. The van der Waals surface area contributed by atoms with Gasteiger partial charge in [-0.3, -0.25) is 0 Å². The molecule has 0 spiro atoms. The molecule has 3 aromatic rings. The molecule has 6 heteroatoms. The second kappa shape index (κ2) is 6.59. The molecule has 3 heterocycles. The average Bonchev–Trinajstić information content (AvgIpc) is 3.25. The molecule has 1 N–H and O–H groups in total. The van der Waals surface area contributed by atoms with Crippen LogP contribution in [0.1, 0.15) is 6.92 Å². The fourth-order valence-corrected chi connectivity index (χ4v) is 3.01. The molecule has 1 aliphatic rings. The summed E-state index contributed by atoms with van der Waals surface area (Å²) in [6, 6.07) is 14.2. The first kappa shape index (κ1) is 15.1. The highest BCUT2D eigenvalue weighted by Gasteiger charge is 2.29. The van der Waals surface area contributed by atoms with Crippen molar-refractivity contribution in [2.75, 3.05) is 25.1 Å². The van der Waals surface area contributed by atoms with Crippen molar-refractivity contribution >= 4 is 11.5 Å². The summed E-state index contributed by atoms with van der Waals surface area (Å²) in [6.07, 6.45) is 1.81. The van der Waals surface area contributed by atoms with Crippen LogP contribution in [0.2, 0.25) is 0 Å². The van der Waals surface area contributed by atoms with Gasteiger partial charge in [0, 0.05) is 24.3 Å². The Morgan fingerprint density at radius 2 is 2.12 bits per heavy atom. The number of hydrogen-bond donors (Lipinski definition) is 1. The number of rotatable bonds is 5. The number of anilines is 1. The second-order valence-corrected chi connectivity index (χ2v) is 5.78. The molecule has 124 valence electrons. The van der Waals surface area contributed by atoms with Crippen LogP contribution in [0.3, 0.4) is 0 Å². The fourth-order valence-electron chi connectivity index (χ4n) is 3.01. The van der Waals surface area contributed by atoms with Gasteiger partial charge in [-0.25, -0.2) is 4.98 Å². The highest BCUT2D eigenvalue weighted by molar-refractivity contribution is 5.66. The molecule has 2 aromatic heterocycles. The fraction of sp³-hybridized carbons (Fsp3) is 0.333. The van der Waals surface area contributed by atoms with Crippen molar-refractivity contribution in [3.63, 3.8) is 0 Å². The van der Waals surface area contributed by atoms with Gasteiger partial charge >= 0.3 is 0 Å². The zero-order chi connectivity index (χ0) is 16.4. The van der Waals surface area contributed by atoms with Gasteiger partial charge < -0.3 is 14.8 Å². The molecule has 0 radical (unpaired) electrons. The summed E-state index contributed by atoms with van der Waals surface area (Å²) in [4.78, 5) is 4.69. The quantitative estimate of drug-likeness (QED) is 0.782. The number of hydrogen-bond acceptors (Lipinski definition) is 5. The highest BCUT2D eigenvalue weighted by atomic mass is 16.5. The van der Waals surface area contributed by atoms with Crippen molar-refractivity contribution in [2.24, 2.45) is 0 Å². The Morgan fingerprint density at radius 3 is 2.96 bits per heavy atom. The van der Waals surface area contributed by atoms with Gasteiger partial charge in [0.1, 0.15) is 11.9 Å². The van der Waals surface area contributed by atoms with Crippen LogP contribution in [0.5, 0.6) is 0 Å². The number of aromatic nitrogens is 3. The molecule has 1 aromatic carbocycles. The summed E-state index contributed by atoms with van der Waals surface area (Å²) in [5.41, 5.74) is 2.80. The van der Waals surface area contributed by atoms with Crippen LogP contribution in [0, 0.1) is 0 Å². The van der Waals surface area contributed by atoms with Gasteiger partial charge in [0.05, 0.1) is 31.1 Å². The van der Waals surface area contributed by atoms with Gasteiger partial charge in [-0.1, -0.05) is 30.3 Å². The van der Waals surface area contributed by atoms with Gasteiger partial charge in [-0.05, 0) is 6.92 Å². The molecule has 0 unspecified atom stereocenters. The molecule has 6 nitrogen and oxygen atoms in total. The maximum Gasteiger partial charge on any atom is 0.157 e. The van der Waals surface area contributed by atoms with Crippen LogP contribution in [-0.2, 0) is 9.47 Å². The maximum atomic E-state index is 5.76. The zero-order valence-corrected chi connectivity index (χ0v) is 13.6. The van der Waals surface area contributed by atoms with Gasteiger partial charge in [0.2, 0.25) is 0 Å². The Bertz CT molecular complexity index is 818. The van der Waals surface area contributed by atoms with Gasteiger partial charge in [0.25, 0.3) is 0 Å². The first-order valence-corrected chi connectivity index (χ1v) is 8.21. The largest absolute Gasteiger partial charge is 0.376 e. The van der Waals surface area contributed by atoms with Gasteiger partial charge in [-0.2, -0.15) is 9.61 Å². The minimum absolute atomic E-state index is 0.0500. The van der Waals surface area contributed by atoms with E-state index in [1.54, 1.807) is 6.20 Å². The second-order valence-electron chi connectivity index (χ2n) is 5.78. The van der Waals surface area contributed by atoms with Crippen molar-refractivity contribution in [1.29, 1.82) is 0 Å². The van der Waals surface area contributed by atoms with Crippen molar-refractivity contribution in [1.82, 2.24) is 14.6 Å². The molecule has 1 fully saturated rings. The molecule has 4 rings (SSSR count). The highest BCUT2D eigenvalue weighted by Crippen LogP contribution is 2.24. The normalized spacial score (nSPS) is 20.5. The van der Waals surface area contributed by atoms with Gasteiger partial charge in [0.15, 0.2) is 5.65 Å². The number of ether oxygens (including phenoxy) is 2. The van der Waals surface area contributed by atoms with E-state index in [9.17, 15) is 0 Å². The summed E-state index contributed by atoms with van der Waals surface area (Å²) < 4.78 is 13.1. The number of nitrogens with zero attached hydrogens (tertiary/aromatic N) is 3. The Balaban J connectivity index is 1.70. The topological polar surface area (TPSA) is 60.7 Å². The van der Waals surface area contributed by atoms with E-state index in [0.29, 0.717) is 19.8 Å². The Morgan fingerprint density at radius 1 is 1.25 bits per heavy atom. The third kappa shape index (κ3) is 2.86. The molecular formula is C18H20N4O2. The smallest absolute Gasteiger partial charge is 0.157 e. The van der Waals surface area contributed by atoms with Crippen molar-refractivity contribution in [2.45, 2.75) is 19.1 Å².